The molecule has 0 bridgehead atoms. The van der Waals surface area contributed by atoms with E-state index >= 15 is 0 Å². The zero-order valence-electron chi connectivity index (χ0n) is 13.8. The third-order valence-electron chi connectivity index (χ3n) is 5.48. The Balaban J connectivity index is 2.12. The van der Waals surface area contributed by atoms with Gasteiger partial charge in [-0.1, -0.05) is 0 Å². The maximum absolute atomic E-state index is 2.47. The fraction of sp³-hybridized carbons (Fsp3) is 0.182. The van der Waals surface area contributed by atoms with E-state index in [0.717, 1.165) is 0 Å². The van der Waals surface area contributed by atoms with Gasteiger partial charge in [-0.2, -0.15) is 0 Å². The van der Waals surface area contributed by atoms with Crippen LogP contribution in [0.25, 0.3) is 0 Å². The van der Waals surface area contributed by atoms with Crippen LogP contribution in [0.3, 0.4) is 0 Å². The van der Waals surface area contributed by atoms with Crippen LogP contribution in [0.5, 0.6) is 0 Å². The average Bonchev–Trinajstić information content (AvgIpc) is 2.83. The molecule has 3 aromatic carbocycles. The third-order valence-corrected chi connectivity index (χ3v) is 11.4. The molecule has 1 aliphatic heterocycles. The average molecular weight is 318 g/mol. The summed E-state index contributed by atoms with van der Waals surface area (Å²) < 4.78 is 0. The molecule has 23 heavy (non-hydrogen) atoms. The zero-order chi connectivity index (χ0) is 15.9. The van der Waals surface area contributed by atoms with Crippen molar-refractivity contribution in [2.75, 3.05) is 0 Å². The van der Waals surface area contributed by atoms with Crippen molar-refractivity contribution in [3.8, 4) is 0 Å². The summed E-state index contributed by atoms with van der Waals surface area (Å²) in [6.07, 6.45) is 1.17. The summed E-state index contributed by atoms with van der Waals surface area (Å²) in [5.41, 5.74) is 1.54. The second-order valence-corrected chi connectivity index (χ2v) is 11.7. The first kappa shape index (κ1) is 14.7. The van der Waals surface area contributed by atoms with Gasteiger partial charge in [0.2, 0.25) is 0 Å². The van der Waals surface area contributed by atoms with Crippen molar-refractivity contribution in [2.24, 2.45) is 0 Å². The summed E-state index contributed by atoms with van der Waals surface area (Å²) in [5, 5.41) is 4.92. The summed E-state index contributed by atoms with van der Waals surface area (Å²) in [4.78, 5) is 0. The molecule has 0 saturated heterocycles. The predicted octanol–water partition coefficient (Wildman–Crippen LogP) is 4.05. The molecule has 0 N–H and O–H groups in total. The first-order chi connectivity index (χ1) is 11.2. The van der Waals surface area contributed by atoms with E-state index in [1.54, 1.807) is 5.30 Å². The molecule has 0 amide bonds. The van der Waals surface area contributed by atoms with Crippen LogP contribution in [0.2, 0.25) is 0 Å². The molecule has 1 heteroatoms. The molecule has 0 fully saturated rings. The van der Waals surface area contributed by atoms with Crippen molar-refractivity contribution >= 4 is 23.2 Å². The van der Waals surface area contributed by atoms with E-state index in [1.165, 1.54) is 22.6 Å². The van der Waals surface area contributed by atoms with Crippen LogP contribution in [0, 0.1) is 0 Å². The number of hydrogen-bond acceptors (Lipinski definition) is 0. The van der Waals surface area contributed by atoms with Gasteiger partial charge in [-0.05, 0) is 0 Å². The Morgan fingerprint density at radius 3 is 1.70 bits per heavy atom. The van der Waals surface area contributed by atoms with Crippen LogP contribution in [0.15, 0.2) is 84.9 Å². The molecule has 1 heterocycles. The summed E-state index contributed by atoms with van der Waals surface area (Å²) in [7, 11) is -2.03. The van der Waals surface area contributed by atoms with E-state index in [2.05, 4.69) is 98.8 Å². The van der Waals surface area contributed by atoms with Crippen LogP contribution in [0.1, 0.15) is 19.4 Å². The van der Waals surface area contributed by atoms with Crippen molar-refractivity contribution in [2.45, 2.75) is 25.4 Å². The van der Waals surface area contributed by atoms with E-state index in [1.807, 2.05) is 0 Å². The van der Waals surface area contributed by atoms with Crippen LogP contribution in [0.4, 0.5) is 0 Å². The van der Waals surface area contributed by atoms with Gasteiger partial charge in [0.05, 0.1) is 0 Å². The number of hydrogen-bond donors (Lipinski definition) is 0. The van der Waals surface area contributed by atoms with Gasteiger partial charge in [-0.3, -0.25) is 0 Å². The summed E-state index contributed by atoms with van der Waals surface area (Å²) >= 11 is 0. The van der Waals surface area contributed by atoms with Crippen molar-refractivity contribution in [1.29, 1.82) is 0 Å². The number of fused-ring (bicyclic) bond motifs is 1. The molecule has 0 atom stereocenters. The minimum atomic E-state index is -2.03. The second-order valence-electron chi connectivity index (χ2n) is 7.20. The van der Waals surface area contributed by atoms with E-state index in [9.17, 15) is 0 Å². The van der Waals surface area contributed by atoms with Gasteiger partial charge in [0.15, 0.2) is 0 Å². The fourth-order valence-electron chi connectivity index (χ4n) is 4.65. The monoisotopic (exact) mass is 318 g/mol. The van der Waals surface area contributed by atoms with Crippen LogP contribution in [-0.2, 0) is 6.42 Å². The second kappa shape index (κ2) is 5.32. The van der Waals surface area contributed by atoms with Gasteiger partial charge in [0.1, 0.15) is 0 Å². The Hall–Kier alpha value is -1.91. The summed E-state index contributed by atoms with van der Waals surface area (Å²) in [6.45, 7) is 4.94. The fourth-order valence-corrected chi connectivity index (χ4v) is 10.7. The van der Waals surface area contributed by atoms with E-state index in [-0.39, 0.29) is 5.16 Å². The SMILES string of the molecule is CC1(C)Cc2ccccc2[PH]1(c1ccccc1)c1ccccc1. The first-order valence-corrected chi connectivity index (χ1v) is 10.4. The molecule has 0 aromatic heterocycles. The van der Waals surface area contributed by atoms with E-state index in [4.69, 9.17) is 0 Å². The number of rotatable bonds is 2. The van der Waals surface area contributed by atoms with Gasteiger partial charge in [0, 0.05) is 0 Å². The molecule has 0 saturated carbocycles. The van der Waals surface area contributed by atoms with Crippen molar-refractivity contribution in [1.82, 2.24) is 0 Å². The predicted molar refractivity (Wildman–Crippen MR) is 104 cm³/mol. The normalized spacial score (nSPS) is 19.0. The Kier molecular flexibility index (Phi) is 3.39. The van der Waals surface area contributed by atoms with Crippen molar-refractivity contribution < 1.29 is 0 Å². The molecule has 116 valence electrons. The van der Waals surface area contributed by atoms with Crippen LogP contribution >= 0.6 is 7.26 Å². The number of benzene rings is 3. The van der Waals surface area contributed by atoms with Crippen LogP contribution < -0.4 is 15.9 Å². The molecule has 0 aliphatic carbocycles. The molecule has 0 spiro atoms. The molecule has 3 aromatic rings. The van der Waals surface area contributed by atoms with E-state index in [0.29, 0.717) is 0 Å². The molecule has 0 unspecified atom stereocenters. The van der Waals surface area contributed by atoms with Gasteiger partial charge in [0.25, 0.3) is 0 Å². The Morgan fingerprint density at radius 1 is 0.652 bits per heavy atom. The molecular formula is C22H23P. The Labute approximate surface area is 139 Å². The standard InChI is InChI=1S/C22H23P/c1-22(2)17-18-11-9-10-16-21(18)23(22,19-12-5-3-6-13-19)20-14-7-4-8-15-20/h3-16,23H,17H2,1-2H3. The van der Waals surface area contributed by atoms with Gasteiger partial charge < -0.3 is 0 Å². The molecule has 0 radical (unpaired) electrons. The van der Waals surface area contributed by atoms with Crippen LogP contribution in [-0.4, -0.2) is 5.16 Å². The summed E-state index contributed by atoms with van der Waals surface area (Å²) in [6, 6.07) is 31.6. The zero-order valence-corrected chi connectivity index (χ0v) is 14.8. The van der Waals surface area contributed by atoms with Gasteiger partial charge in [-0.15, -0.1) is 0 Å². The third kappa shape index (κ3) is 2.02. The molecule has 4 rings (SSSR count). The first-order valence-electron chi connectivity index (χ1n) is 8.36. The topological polar surface area (TPSA) is 0 Å². The molecule has 1 aliphatic rings. The van der Waals surface area contributed by atoms with Crippen molar-refractivity contribution in [3.05, 3.63) is 90.5 Å². The van der Waals surface area contributed by atoms with Gasteiger partial charge in [-0.25, -0.2) is 0 Å². The molecular weight excluding hydrogens is 295 g/mol. The molecule has 0 nitrogen and oxygen atoms in total. The Morgan fingerprint density at radius 2 is 1.13 bits per heavy atom. The van der Waals surface area contributed by atoms with Gasteiger partial charge >= 0.3 is 139 Å². The Bertz CT molecular complexity index is 779. The maximum atomic E-state index is 2.47. The quantitative estimate of drug-likeness (QED) is 0.625. The summed E-state index contributed by atoms with van der Waals surface area (Å²) in [5.74, 6) is 0. The van der Waals surface area contributed by atoms with Crippen molar-refractivity contribution in [3.63, 3.8) is 0 Å². The minimum absolute atomic E-state index is 0.263. The van der Waals surface area contributed by atoms with E-state index < -0.39 is 7.26 Å².